The van der Waals surface area contributed by atoms with Crippen molar-refractivity contribution in [2.75, 3.05) is 31.2 Å². The van der Waals surface area contributed by atoms with Gasteiger partial charge < -0.3 is 21.1 Å². The molecule has 0 aromatic carbocycles. The Kier molecular flexibility index (Phi) is 4.66. The van der Waals surface area contributed by atoms with Crippen molar-refractivity contribution in [3.63, 3.8) is 0 Å². The van der Waals surface area contributed by atoms with E-state index < -0.39 is 0 Å². The molecule has 2 rings (SSSR count). The minimum absolute atomic E-state index is 0.0687. The number of hydrogen-bond donors (Lipinski definition) is 3. The fourth-order valence-electron chi connectivity index (χ4n) is 2.25. The van der Waals surface area contributed by atoms with Crippen molar-refractivity contribution in [2.24, 2.45) is 0 Å². The smallest absolute Gasteiger partial charge is 0.176 e. The Morgan fingerprint density at radius 1 is 1.53 bits per heavy atom. The number of ketones is 1. The van der Waals surface area contributed by atoms with Crippen LogP contribution in [-0.2, 0) is 0 Å². The number of carbonyl (C=O) groups excluding carboxylic acids is 1. The first-order valence-electron chi connectivity index (χ1n) is 6.64. The predicted octanol–water partition coefficient (Wildman–Crippen LogP) is 2.10. The topological polar surface area (TPSA) is 76.4 Å². The molecule has 0 saturated carbocycles. The molecule has 6 heteroatoms. The van der Waals surface area contributed by atoms with E-state index in [1.807, 2.05) is 6.92 Å². The lowest BCUT2D eigenvalue weighted by Crippen LogP contribution is -2.35. The molecule has 0 amide bonds. The Bertz CT molecular complexity index is 453. The summed E-state index contributed by atoms with van der Waals surface area (Å²) in [6, 6.07) is 0.415. The highest BCUT2D eigenvalue weighted by atomic mass is 32.1. The number of rotatable bonds is 5. The zero-order valence-electron chi connectivity index (χ0n) is 11.4. The van der Waals surface area contributed by atoms with Gasteiger partial charge in [-0.3, -0.25) is 4.79 Å². The molecule has 2 heterocycles. The highest BCUT2D eigenvalue weighted by Gasteiger charge is 2.23. The molecule has 0 atom stereocenters. The van der Waals surface area contributed by atoms with E-state index in [4.69, 9.17) is 10.5 Å². The van der Waals surface area contributed by atoms with Gasteiger partial charge in [0.25, 0.3) is 0 Å². The zero-order valence-corrected chi connectivity index (χ0v) is 12.2. The molecule has 106 valence electrons. The van der Waals surface area contributed by atoms with Crippen molar-refractivity contribution in [2.45, 2.75) is 32.2 Å². The molecule has 0 bridgehead atoms. The quantitative estimate of drug-likeness (QED) is 0.721. The number of anilines is 2. The van der Waals surface area contributed by atoms with E-state index in [1.54, 1.807) is 7.11 Å². The highest BCUT2D eigenvalue weighted by Crippen LogP contribution is 2.43. The van der Waals surface area contributed by atoms with Gasteiger partial charge in [-0.2, -0.15) is 0 Å². The summed E-state index contributed by atoms with van der Waals surface area (Å²) in [6.07, 6.45) is 2.59. The molecule has 5 nitrogen and oxygen atoms in total. The van der Waals surface area contributed by atoms with E-state index in [2.05, 4.69) is 10.6 Å². The first-order chi connectivity index (χ1) is 9.17. The van der Waals surface area contributed by atoms with Crippen LogP contribution < -0.4 is 21.1 Å². The number of methoxy groups -OCH3 is 1. The lowest BCUT2D eigenvalue weighted by molar-refractivity contribution is 0.0992. The molecule has 1 aliphatic rings. The molecule has 0 radical (unpaired) electrons. The average Bonchev–Trinajstić information content (AvgIpc) is 2.75. The highest BCUT2D eigenvalue weighted by molar-refractivity contribution is 7.19. The molecule has 1 fully saturated rings. The van der Waals surface area contributed by atoms with Crippen LogP contribution in [0.15, 0.2) is 0 Å². The van der Waals surface area contributed by atoms with Gasteiger partial charge in [0.15, 0.2) is 11.5 Å². The van der Waals surface area contributed by atoms with Crippen molar-refractivity contribution < 1.29 is 9.53 Å². The van der Waals surface area contributed by atoms with Crippen molar-refractivity contribution in [1.82, 2.24) is 5.32 Å². The van der Waals surface area contributed by atoms with Gasteiger partial charge in [0, 0.05) is 12.5 Å². The Hall–Kier alpha value is -1.27. The first kappa shape index (κ1) is 14.1. The van der Waals surface area contributed by atoms with Crippen molar-refractivity contribution in [3.05, 3.63) is 4.88 Å². The largest absolute Gasteiger partial charge is 0.492 e. The molecule has 0 spiro atoms. The van der Waals surface area contributed by atoms with Gasteiger partial charge in [-0.1, -0.05) is 6.92 Å². The SMILES string of the molecule is CCC(=O)c1sc(NC2CCNCC2)c(OC)c1N. The van der Waals surface area contributed by atoms with Crippen LogP contribution in [0.25, 0.3) is 0 Å². The van der Waals surface area contributed by atoms with Crippen molar-refractivity contribution in [3.8, 4) is 5.75 Å². The summed E-state index contributed by atoms with van der Waals surface area (Å²) in [7, 11) is 1.59. The number of carbonyl (C=O) groups is 1. The predicted molar refractivity (Wildman–Crippen MR) is 79.4 cm³/mol. The third-order valence-electron chi connectivity index (χ3n) is 3.35. The Morgan fingerprint density at radius 3 is 2.79 bits per heavy atom. The number of Topliss-reactive ketones (excluding diaryl/α,β-unsaturated/α-hetero) is 1. The molecular formula is C13H21N3O2S. The van der Waals surface area contributed by atoms with E-state index in [-0.39, 0.29) is 5.78 Å². The Labute approximate surface area is 117 Å². The van der Waals surface area contributed by atoms with Gasteiger partial charge in [-0.05, 0) is 25.9 Å². The number of nitrogen functional groups attached to an aromatic ring is 1. The summed E-state index contributed by atoms with van der Waals surface area (Å²) in [4.78, 5) is 12.5. The molecular weight excluding hydrogens is 262 g/mol. The number of piperidine rings is 1. The average molecular weight is 283 g/mol. The molecule has 1 aromatic heterocycles. The molecule has 19 heavy (non-hydrogen) atoms. The van der Waals surface area contributed by atoms with Gasteiger partial charge in [0.1, 0.15) is 5.00 Å². The van der Waals surface area contributed by atoms with E-state index in [0.29, 0.717) is 28.8 Å². The van der Waals surface area contributed by atoms with Crippen LogP contribution in [0.2, 0.25) is 0 Å². The number of nitrogens with two attached hydrogens (primary N) is 1. The van der Waals surface area contributed by atoms with E-state index >= 15 is 0 Å². The van der Waals surface area contributed by atoms with Crippen molar-refractivity contribution in [1.29, 1.82) is 0 Å². The second kappa shape index (κ2) is 6.25. The monoisotopic (exact) mass is 283 g/mol. The summed E-state index contributed by atoms with van der Waals surface area (Å²) in [6.45, 7) is 3.87. The summed E-state index contributed by atoms with van der Waals surface area (Å²) in [5.41, 5.74) is 6.48. The summed E-state index contributed by atoms with van der Waals surface area (Å²) < 4.78 is 5.35. The maximum Gasteiger partial charge on any atom is 0.176 e. The summed E-state index contributed by atoms with van der Waals surface area (Å²) >= 11 is 1.41. The lowest BCUT2D eigenvalue weighted by Gasteiger charge is -2.24. The minimum Gasteiger partial charge on any atom is -0.492 e. The normalized spacial score (nSPS) is 16.3. The van der Waals surface area contributed by atoms with Gasteiger partial charge in [0.05, 0.1) is 17.7 Å². The third-order valence-corrected chi connectivity index (χ3v) is 4.51. The van der Waals surface area contributed by atoms with Crippen LogP contribution in [-0.4, -0.2) is 32.0 Å². The maximum atomic E-state index is 11.8. The zero-order chi connectivity index (χ0) is 13.8. The van der Waals surface area contributed by atoms with Crippen LogP contribution in [0.4, 0.5) is 10.7 Å². The second-order valence-electron chi connectivity index (χ2n) is 4.65. The number of thiophene rings is 1. The fraction of sp³-hybridized carbons (Fsp3) is 0.615. The van der Waals surface area contributed by atoms with E-state index in [1.165, 1.54) is 11.3 Å². The molecule has 1 aromatic rings. The van der Waals surface area contributed by atoms with Crippen LogP contribution in [0.3, 0.4) is 0 Å². The van der Waals surface area contributed by atoms with E-state index in [0.717, 1.165) is 30.9 Å². The number of nitrogens with one attached hydrogen (secondary N) is 2. The van der Waals surface area contributed by atoms with Gasteiger partial charge in [-0.25, -0.2) is 0 Å². The van der Waals surface area contributed by atoms with Crippen LogP contribution >= 0.6 is 11.3 Å². The van der Waals surface area contributed by atoms with Crippen LogP contribution in [0.1, 0.15) is 35.9 Å². The fourth-order valence-corrected chi connectivity index (χ4v) is 3.42. The Balaban J connectivity index is 2.21. The minimum atomic E-state index is 0.0687. The van der Waals surface area contributed by atoms with E-state index in [9.17, 15) is 4.79 Å². The molecule has 4 N–H and O–H groups in total. The lowest BCUT2D eigenvalue weighted by atomic mass is 10.1. The second-order valence-corrected chi connectivity index (χ2v) is 5.67. The molecule has 0 unspecified atom stereocenters. The van der Waals surface area contributed by atoms with Crippen LogP contribution in [0.5, 0.6) is 5.75 Å². The third kappa shape index (κ3) is 3.01. The van der Waals surface area contributed by atoms with Gasteiger partial charge >= 0.3 is 0 Å². The van der Waals surface area contributed by atoms with Gasteiger partial charge in [-0.15, -0.1) is 11.3 Å². The molecule has 0 aliphatic carbocycles. The van der Waals surface area contributed by atoms with Crippen molar-refractivity contribution >= 4 is 27.8 Å². The standard InChI is InChI=1S/C13H21N3O2S/c1-3-9(17)12-10(14)11(18-2)13(19-12)16-8-4-6-15-7-5-8/h8,15-16H,3-7,14H2,1-2H3. The first-order valence-corrected chi connectivity index (χ1v) is 7.45. The maximum absolute atomic E-state index is 11.8. The van der Waals surface area contributed by atoms with Crippen LogP contribution in [0, 0.1) is 0 Å². The summed E-state index contributed by atoms with van der Waals surface area (Å²) in [5.74, 6) is 0.680. The summed E-state index contributed by atoms with van der Waals surface area (Å²) in [5, 5.41) is 7.67. The Morgan fingerprint density at radius 2 is 2.21 bits per heavy atom. The number of ether oxygens (including phenoxy) is 1. The molecule has 1 aliphatic heterocycles. The van der Waals surface area contributed by atoms with Gasteiger partial charge in [0.2, 0.25) is 0 Å². The number of hydrogen-bond acceptors (Lipinski definition) is 6. The molecule has 1 saturated heterocycles.